The van der Waals surface area contributed by atoms with Crippen LogP contribution in [-0.4, -0.2) is 81.8 Å². The smallest absolute Gasteiger partial charge is 0.262 e. The van der Waals surface area contributed by atoms with Gasteiger partial charge in [0.2, 0.25) is 5.95 Å². The second-order valence-corrected chi connectivity index (χ2v) is 9.21. The Hall–Kier alpha value is -3.28. The molecule has 2 aliphatic heterocycles. The summed E-state index contributed by atoms with van der Waals surface area (Å²) in [7, 11) is 1.66. The number of aromatic nitrogens is 4. The molecule has 1 N–H and O–H groups in total. The molecule has 12 heteroatoms. The van der Waals surface area contributed by atoms with E-state index in [1.165, 1.54) is 0 Å². The number of fused-ring (bicyclic) bond motifs is 2. The third kappa shape index (κ3) is 5.07. The van der Waals surface area contributed by atoms with E-state index >= 15 is 0 Å². The summed E-state index contributed by atoms with van der Waals surface area (Å²) in [5.41, 5.74) is 3.39. The van der Waals surface area contributed by atoms with Gasteiger partial charge in [-0.3, -0.25) is 9.89 Å². The largest absolute Gasteiger partial charge is 0.349 e. The minimum Gasteiger partial charge on any atom is -0.349 e. The van der Waals surface area contributed by atoms with E-state index < -0.39 is 24.9 Å². The Balaban J connectivity index is 1.43. The number of nitrogens with zero attached hydrogens (tertiary/aromatic N) is 7. The number of piperidine rings is 1. The minimum atomic E-state index is -2.77. The number of likely N-dealkylation sites (N-methyl/N-ethyl adjacent to an activating group) is 1. The molecule has 1 fully saturated rings. The second-order valence-electron chi connectivity index (χ2n) is 9.21. The van der Waals surface area contributed by atoms with Crippen molar-refractivity contribution in [2.75, 3.05) is 43.4 Å². The van der Waals surface area contributed by atoms with Gasteiger partial charge in [0.15, 0.2) is 5.82 Å². The van der Waals surface area contributed by atoms with Gasteiger partial charge in [-0.1, -0.05) is 0 Å². The number of likely N-dealkylation sites (tertiary alicyclic amines) is 1. The van der Waals surface area contributed by atoms with Gasteiger partial charge in [0.25, 0.3) is 12.3 Å². The number of aliphatic imine (C=N–C) groups is 1. The van der Waals surface area contributed by atoms with Crippen LogP contribution in [-0.2, 0) is 0 Å². The normalized spacial score (nSPS) is 20.6. The van der Waals surface area contributed by atoms with E-state index in [0.29, 0.717) is 42.2 Å². The third-order valence-electron chi connectivity index (χ3n) is 6.17. The molecule has 3 aromatic heterocycles. The number of hydrogen-bond acceptors (Lipinski definition) is 7. The Labute approximate surface area is 199 Å². The summed E-state index contributed by atoms with van der Waals surface area (Å²) in [5, 5.41) is 7.44. The molecule has 186 valence electrons. The summed E-state index contributed by atoms with van der Waals surface area (Å²) in [6.07, 6.45) is 1.13. The Morgan fingerprint density at radius 3 is 2.83 bits per heavy atom. The minimum absolute atomic E-state index is 0.249. The van der Waals surface area contributed by atoms with Crippen molar-refractivity contribution >= 4 is 28.7 Å². The topological polar surface area (TPSA) is 74.0 Å². The van der Waals surface area contributed by atoms with Gasteiger partial charge in [-0.05, 0) is 32.2 Å². The van der Waals surface area contributed by atoms with Crippen molar-refractivity contribution in [3.05, 3.63) is 30.6 Å². The van der Waals surface area contributed by atoms with Crippen molar-refractivity contribution in [1.82, 2.24) is 24.5 Å². The van der Waals surface area contributed by atoms with Crippen molar-refractivity contribution in [2.24, 2.45) is 4.99 Å². The molecule has 0 saturated carbocycles. The van der Waals surface area contributed by atoms with E-state index in [4.69, 9.17) is 0 Å². The molecular formula is C23H26F4N8. The molecule has 0 aliphatic carbocycles. The maximum Gasteiger partial charge on any atom is 0.262 e. The van der Waals surface area contributed by atoms with E-state index in [2.05, 4.69) is 25.4 Å². The highest BCUT2D eigenvalue weighted by Gasteiger charge is 2.39. The number of anilines is 2. The van der Waals surface area contributed by atoms with Crippen molar-refractivity contribution in [2.45, 2.75) is 38.2 Å². The Kier molecular flexibility index (Phi) is 6.07. The molecule has 1 saturated heterocycles. The molecule has 35 heavy (non-hydrogen) atoms. The van der Waals surface area contributed by atoms with Gasteiger partial charge in [0, 0.05) is 49.4 Å². The average Bonchev–Trinajstić information content (AvgIpc) is 3.11. The zero-order valence-electron chi connectivity index (χ0n) is 19.4. The average molecular weight is 491 g/mol. The first-order chi connectivity index (χ1) is 16.7. The summed E-state index contributed by atoms with van der Waals surface area (Å²) in [6, 6.07) is 4.91. The fourth-order valence-electron chi connectivity index (χ4n) is 4.71. The molecule has 0 spiro atoms. The van der Waals surface area contributed by atoms with Gasteiger partial charge in [-0.2, -0.15) is 0 Å². The summed E-state index contributed by atoms with van der Waals surface area (Å²) in [6.45, 7) is 2.06. The summed E-state index contributed by atoms with van der Waals surface area (Å²) in [4.78, 5) is 16.7. The van der Waals surface area contributed by atoms with Crippen LogP contribution in [0.15, 0.2) is 35.6 Å². The van der Waals surface area contributed by atoms with Gasteiger partial charge < -0.3 is 10.2 Å². The van der Waals surface area contributed by atoms with Crippen LogP contribution in [0.25, 0.3) is 16.8 Å². The van der Waals surface area contributed by atoms with Crippen LogP contribution < -0.4 is 10.2 Å². The molecule has 0 amide bonds. The zero-order chi connectivity index (χ0) is 24.7. The maximum atomic E-state index is 13.9. The van der Waals surface area contributed by atoms with Crippen LogP contribution >= 0.6 is 0 Å². The first-order valence-electron chi connectivity index (χ1n) is 11.4. The van der Waals surface area contributed by atoms with Gasteiger partial charge >= 0.3 is 0 Å². The molecule has 2 aliphatic rings. The van der Waals surface area contributed by atoms with E-state index in [0.717, 1.165) is 11.3 Å². The molecular weight excluding hydrogens is 464 g/mol. The first-order valence-corrected chi connectivity index (χ1v) is 11.4. The molecule has 8 nitrogen and oxygen atoms in total. The number of alkyl halides is 4. The van der Waals surface area contributed by atoms with Crippen molar-refractivity contribution < 1.29 is 17.6 Å². The Morgan fingerprint density at radius 2 is 2.06 bits per heavy atom. The number of nitrogens with one attached hydrogen (secondary N) is 1. The van der Waals surface area contributed by atoms with Crippen LogP contribution in [0, 0.1) is 0 Å². The van der Waals surface area contributed by atoms with Crippen molar-refractivity contribution in [1.29, 1.82) is 0 Å². The monoisotopic (exact) mass is 490 g/mol. The zero-order valence-corrected chi connectivity index (χ0v) is 19.4. The van der Waals surface area contributed by atoms with Crippen LogP contribution in [0.5, 0.6) is 0 Å². The van der Waals surface area contributed by atoms with E-state index in [1.54, 1.807) is 45.9 Å². The summed E-state index contributed by atoms with van der Waals surface area (Å²) < 4.78 is 55.9. The van der Waals surface area contributed by atoms with Crippen LogP contribution in [0.2, 0.25) is 0 Å². The van der Waals surface area contributed by atoms with Crippen molar-refractivity contribution in [3.8, 4) is 11.3 Å². The summed E-state index contributed by atoms with van der Waals surface area (Å²) in [5.74, 6) is -2.10. The fourth-order valence-corrected chi connectivity index (χ4v) is 4.71. The molecule has 5 rings (SSSR count). The molecule has 5 heterocycles. The number of hydrogen-bond donors (Lipinski definition) is 1. The molecule has 1 atom stereocenters. The first kappa shape index (κ1) is 23.5. The number of halogens is 4. The molecule has 3 aromatic rings. The van der Waals surface area contributed by atoms with Gasteiger partial charge in [-0.25, -0.2) is 32.0 Å². The SMILES string of the molecule is CC1=Nc2ccc(-c3ccn4nc(N[C@@H]5CN(C)CC(F)(F)C5)ncc34)nc2N(CC(F)F)CC1. The van der Waals surface area contributed by atoms with Crippen LogP contribution in [0.1, 0.15) is 19.8 Å². The summed E-state index contributed by atoms with van der Waals surface area (Å²) >= 11 is 0. The van der Waals surface area contributed by atoms with E-state index in [9.17, 15) is 17.6 Å². The molecule has 0 bridgehead atoms. The van der Waals surface area contributed by atoms with Crippen LogP contribution in [0.4, 0.5) is 35.0 Å². The van der Waals surface area contributed by atoms with Crippen molar-refractivity contribution in [3.63, 3.8) is 0 Å². The number of rotatable bonds is 5. The molecule has 0 unspecified atom stereocenters. The lowest BCUT2D eigenvalue weighted by atomic mass is 10.0. The van der Waals surface area contributed by atoms with Crippen LogP contribution in [0.3, 0.4) is 0 Å². The molecule has 0 radical (unpaired) electrons. The third-order valence-corrected chi connectivity index (χ3v) is 6.17. The highest BCUT2D eigenvalue weighted by molar-refractivity contribution is 5.89. The second kappa shape index (κ2) is 9.06. The maximum absolute atomic E-state index is 13.9. The standard InChI is InChI=1S/C23H26F4N8/c1-14-5-7-34(12-20(24)25)21-18(29-14)4-3-17(31-21)16-6-8-35-19(16)10-28-22(32-35)30-15-9-23(26,27)13-33(2)11-15/h3-4,6,8,10,15,20H,5,7,9,11-13H2,1-2H3,(H,30,32)/t15-/m0/s1. The van der Waals surface area contributed by atoms with E-state index in [-0.39, 0.29) is 18.9 Å². The fraction of sp³-hybridized carbons (Fsp3) is 0.478. The van der Waals surface area contributed by atoms with Gasteiger partial charge in [0.1, 0.15) is 5.69 Å². The lowest BCUT2D eigenvalue weighted by molar-refractivity contribution is -0.0612. The number of pyridine rings is 1. The predicted octanol–water partition coefficient (Wildman–Crippen LogP) is 4.11. The Bertz CT molecular complexity index is 1260. The predicted molar refractivity (Wildman–Crippen MR) is 126 cm³/mol. The van der Waals surface area contributed by atoms with Gasteiger partial charge in [0.05, 0.1) is 30.5 Å². The molecule has 0 aromatic carbocycles. The van der Waals surface area contributed by atoms with E-state index in [1.807, 2.05) is 13.0 Å². The lowest BCUT2D eigenvalue weighted by Gasteiger charge is -2.35. The highest BCUT2D eigenvalue weighted by Crippen LogP contribution is 2.34. The highest BCUT2D eigenvalue weighted by atomic mass is 19.3. The lowest BCUT2D eigenvalue weighted by Crippen LogP contribution is -2.50. The quantitative estimate of drug-likeness (QED) is 0.543. The van der Waals surface area contributed by atoms with Gasteiger partial charge in [-0.15, -0.1) is 5.10 Å². The Morgan fingerprint density at radius 1 is 1.23 bits per heavy atom.